The van der Waals surface area contributed by atoms with Crippen LogP contribution in [0.3, 0.4) is 0 Å². The van der Waals surface area contributed by atoms with Gasteiger partial charge in [0.15, 0.2) is 0 Å². The van der Waals surface area contributed by atoms with Crippen molar-refractivity contribution in [2.24, 2.45) is 17.3 Å². The third kappa shape index (κ3) is 3.57. The molecule has 6 heteroatoms. The summed E-state index contributed by atoms with van der Waals surface area (Å²) in [4.78, 5) is 37.8. The molecule has 1 saturated heterocycles. The lowest BCUT2D eigenvalue weighted by atomic mass is 9.96. The number of aliphatic carboxylic acids is 1. The highest BCUT2D eigenvalue weighted by Gasteiger charge is 2.58. The summed E-state index contributed by atoms with van der Waals surface area (Å²) in [7, 11) is 0. The standard InChI is InChI=1S/C21H26N2O4/c24-18(17-13-21(17)9-1-2-10-21)22-16-5-3-14(4-6-16)19(25)23-11-7-15(8-12-23)20(26)27/h3-6,15,17H,1-2,7-13H2,(H,22,24)(H,26,27). The van der Waals surface area contributed by atoms with Crippen molar-refractivity contribution in [2.45, 2.75) is 44.9 Å². The first-order valence-electron chi connectivity index (χ1n) is 9.91. The lowest BCUT2D eigenvalue weighted by molar-refractivity contribution is -0.143. The molecule has 1 aliphatic heterocycles. The monoisotopic (exact) mass is 370 g/mol. The van der Waals surface area contributed by atoms with Gasteiger partial charge in [0.25, 0.3) is 5.91 Å². The quantitative estimate of drug-likeness (QED) is 0.852. The Balaban J connectivity index is 1.32. The highest BCUT2D eigenvalue weighted by Crippen LogP contribution is 2.63. The molecule has 3 fully saturated rings. The molecule has 2 saturated carbocycles. The summed E-state index contributed by atoms with van der Waals surface area (Å²) in [5.74, 6) is -0.957. The first-order valence-corrected chi connectivity index (χ1v) is 9.91. The van der Waals surface area contributed by atoms with Crippen LogP contribution in [-0.4, -0.2) is 40.9 Å². The molecule has 27 heavy (non-hydrogen) atoms. The predicted molar refractivity (Wildman–Crippen MR) is 100 cm³/mol. The lowest BCUT2D eigenvalue weighted by Crippen LogP contribution is -2.40. The fourth-order valence-electron chi connectivity index (χ4n) is 4.79. The van der Waals surface area contributed by atoms with Crippen LogP contribution < -0.4 is 5.32 Å². The molecule has 2 aliphatic carbocycles. The van der Waals surface area contributed by atoms with Crippen LogP contribution in [0, 0.1) is 17.3 Å². The van der Waals surface area contributed by atoms with Crippen LogP contribution in [0.1, 0.15) is 55.3 Å². The number of benzene rings is 1. The molecule has 0 aromatic heterocycles. The van der Waals surface area contributed by atoms with Crippen molar-refractivity contribution < 1.29 is 19.5 Å². The number of nitrogens with one attached hydrogen (secondary N) is 1. The highest BCUT2D eigenvalue weighted by atomic mass is 16.4. The number of hydrogen-bond acceptors (Lipinski definition) is 3. The van der Waals surface area contributed by atoms with Crippen molar-refractivity contribution in [2.75, 3.05) is 18.4 Å². The van der Waals surface area contributed by atoms with E-state index in [-0.39, 0.29) is 29.1 Å². The highest BCUT2D eigenvalue weighted by molar-refractivity contribution is 5.97. The molecule has 1 aromatic rings. The normalized spacial score (nSPS) is 24.0. The molecule has 1 atom stereocenters. The minimum absolute atomic E-state index is 0.0798. The molecule has 1 aromatic carbocycles. The Morgan fingerprint density at radius 3 is 2.26 bits per heavy atom. The molecule has 1 spiro atoms. The van der Waals surface area contributed by atoms with Crippen LogP contribution in [0.15, 0.2) is 24.3 Å². The third-order valence-electron chi connectivity index (χ3n) is 6.64. The molecule has 144 valence electrons. The molecular formula is C21H26N2O4. The predicted octanol–water partition coefficient (Wildman–Crippen LogP) is 3.14. The van der Waals surface area contributed by atoms with Crippen molar-refractivity contribution in [1.29, 1.82) is 0 Å². The van der Waals surface area contributed by atoms with E-state index >= 15 is 0 Å². The summed E-state index contributed by atoms with van der Waals surface area (Å²) < 4.78 is 0. The molecule has 2 amide bonds. The maximum Gasteiger partial charge on any atom is 0.306 e. The van der Waals surface area contributed by atoms with Gasteiger partial charge in [0.05, 0.1) is 5.92 Å². The SMILES string of the molecule is O=C(O)C1CCN(C(=O)c2ccc(NC(=O)C3CC34CCCC4)cc2)CC1. The van der Waals surface area contributed by atoms with Crippen LogP contribution in [0.4, 0.5) is 5.69 Å². The summed E-state index contributed by atoms with van der Waals surface area (Å²) in [5, 5.41) is 12.0. The average Bonchev–Trinajstić information content (AvgIpc) is 3.19. The Morgan fingerprint density at radius 2 is 1.67 bits per heavy atom. The van der Waals surface area contributed by atoms with E-state index in [0.717, 1.165) is 12.1 Å². The van der Waals surface area contributed by atoms with Gasteiger partial charge in [-0.15, -0.1) is 0 Å². The number of carbonyl (C=O) groups excluding carboxylic acids is 2. The Morgan fingerprint density at radius 1 is 1.04 bits per heavy atom. The van der Waals surface area contributed by atoms with E-state index < -0.39 is 5.97 Å². The molecule has 1 heterocycles. The Hall–Kier alpha value is -2.37. The zero-order valence-corrected chi connectivity index (χ0v) is 15.4. The van der Waals surface area contributed by atoms with Crippen LogP contribution in [0.5, 0.6) is 0 Å². The number of anilines is 1. The fraction of sp³-hybridized carbons (Fsp3) is 0.571. The van der Waals surface area contributed by atoms with Gasteiger partial charge in [-0.3, -0.25) is 14.4 Å². The van der Waals surface area contributed by atoms with Crippen molar-refractivity contribution >= 4 is 23.5 Å². The van der Waals surface area contributed by atoms with Crippen LogP contribution in [0.25, 0.3) is 0 Å². The molecule has 0 radical (unpaired) electrons. The zero-order valence-electron chi connectivity index (χ0n) is 15.4. The van der Waals surface area contributed by atoms with E-state index in [1.165, 1.54) is 25.7 Å². The third-order valence-corrected chi connectivity index (χ3v) is 6.64. The Labute approximate surface area is 158 Å². The van der Waals surface area contributed by atoms with Crippen LogP contribution in [-0.2, 0) is 9.59 Å². The number of piperidine rings is 1. The number of carboxylic acid groups (broad SMARTS) is 1. The number of nitrogens with zero attached hydrogens (tertiary/aromatic N) is 1. The minimum atomic E-state index is -0.780. The number of likely N-dealkylation sites (tertiary alicyclic amines) is 1. The van der Waals surface area contributed by atoms with Crippen LogP contribution >= 0.6 is 0 Å². The average molecular weight is 370 g/mol. The lowest BCUT2D eigenvalue weighted by Gasteiger charge is -2.30. The van der Waals surface area contributed by atoms with Gasteiger partial charge in [-0.05, 0) is 61.8 Å². The van der Waals surface area contributed by atoms with Gasteiger partial charge in [-0.2, -0.15) is 0 Å². The van der Waals surface area contributed by atoms with Crippen molar-refractivity contribution in [1.82, 2.24) is 4.90 Å². The summed E-state index contributed by atoms with van der Waals surface area (Å²) in [5.41, 5.74) is 1.57. The van der Waals surface area contributed by atoms with E-state index in [4.69, 9.17) is 5.11 Å². The maximum atomic E-state index is 12.6. The van der Waals surface area contributed by atoms with Crippen molar-refractivity contribution in [3.05, 3.63) is 29.8 Å². The van der Waals surface area contributed by atoms with Gasteiger partial charge in [0, 0.05) is 30.3 Å². The first-order chi connectivity index (χ1) is 13.0. The second kappa shape index (κ2) is 6.98. The second-order valence-electron chi connectivity index (χ2n) is 8.30. The minimum Gasteiger partial charge on any atom is -0.481 e. The van der Waals surface area contributed by atoms with E-state index in [1.807, 2.05) is 0 Å². The zero-order chi connectivity index (χ0) is 19.0. The Kier molecular flexibility index (Phi) is 4.66. The largest absolute Gasteiger partial charge is 0.481 e. The van der Waals surface area contributed by atoms with Gasteiger partial charge in [-0.1, -0.05) is 12.8 Å². The van der Waals surface area contributed by atoms with Gasteiger partial charge in [0.2, 0.25) is 5.91 Å². The molecule has 6 nitrogen and oxygen atoms in total. The summed E-state index contributed by atoms with van der Waals surface area (Å²) in [6.07, 6.45) is 6.85. The summed E-state index contributed by atoms with van der Waals surface area (Å²) >= 11 is 0. The van der Waals surface area contributed by atoms with Gasteiger partial charge in [0.1, 0.15) is 0 Å². The van der Waals surface area contributed by atoms with Crippen molar-refractivity contribution in [3.8, 4) is 0 Å². The molecule has 2 N–H and O–H groups in total. The smallest absolute Gasteiger partial charge is 0.306 e. The van der Waals surface area contributed by atoms with Crippen LogP contribution in [0.2, 0.25) is 0 Å². The molecular weight excluding hydrogens is 344 g/mol. The summed E-state index contributed by atoms with van der Waals surface area (Å²) in [6, 6.07) is 7.02. The fourth-order valence-corrected chi connectivity index (χ4v) is 4.79. The summed E-state index contributed by atoms with van der Waals surface area (Å²) in [6.45, 7) is 0.941. The molecule has 4 rings (SSSR count). The van der Waals surface area contributed by atoms with Gasteiger partial charge in [-0.25, -0.2) is 0 Å². The number of hydrogen-bond donors (Lipinski definition) is 2. The van der Waals surface area contributed by atoms with E-state index in [0.29, 0.717) is 31.5 Å². The number of amides is 2. The first kappa shape index (κ1) is 18.0. The molecule has 3 aliphatic rings. The van der Waals surface area contributed by atoms with E-state index in [1.54, 1.807) is 29.2 Å². The van der Waals surface area contributed by atoms with E-state index in [9.17, 15) is 14.4 Å². The number of carbonyl (C=O) groups is 3. The second-order valence-corrected chi connectivity index (χ2v) is 8.30. The van der Waals surface area contributed by atoms with Gasteiger partial charge >= 0.3 is 5.97 Å². The van der Waals surface area contributed by atoms with Gasteiger partial charge < -0.3 is 15.3 Å². The molecule has 1 unspecified atom stereocenters. The maximum absolute atomic E-state index is 12.6. The molecule has 0 bridgehead atoms. The topological polar surface area (TPSA) is 86.7 Å². The van der Waals surface area contributed by atoms with E-state index in [2.05, 4.69) is 5.32 Å². The number of carboxylic acids is 1. The van der Waals surface area contributed by atoms with Crippen molar-refractivity contribution in [3.63, 3.8) is 0 Å². The number of rotatable bonds is 4. The Bertz CT molecular complexity index is 744.